The van der Waals surface area contributed by atoms with Gasteiger partial charge in [0.05, 0.1) is 5.69 Å². The van der Waals surface area contributed by atoms with Crippen LogP contribution in [0.1, 0.15) is 89.2 Å². The molecule has 0 saturated heterocycles. The van der Waals surface area contributed by atoms with Gasteiger partial charge in [0.2, 0.25) is 0 Å². The molecule has 0 heterocycles. The highest BCUT2D eigenvalue weighted by Crippen LogP contribution is 2.39. The zero-order valence-corrected chi connectivity index (χ0v) is 24.2. The predicted octanol–water partition coefficient (Wildman–Crippen LogP) is 7.82. The van der Waals surface area contributed by atoms with E-state index < -0.39 is 6.10 Å². The van der Waals surface area contributed by atoms with E-state index >= 15 is 0 Å². The topological polar surface area (TPSA) is 87.7 Å². The fourth-order valence-corrected chi connectivity index (χ4v) is 4.17. The molecule has 3 N–H and O–H groups in total. The maximum atomic E-state index is 13.2. The van der Waals surface area contributed by atoms with Gasteiger partial charge in [0.1, 0.15) is 11.5 Å². The Hall–Kier alpha value is -3.80. The summed E-state index contributed by atoms with van der Waals surface area (Å²) < 4.78 is 6.34. The Kier molecular flexibility index (Phi) is 9.44. The number of phenols is 1. The highest BCUT2D eigenvalue weighted by atomic mass is 16.5. The lowest BCUT2D eigenvalue weighted by Gasteiger charge is -2.31. The number of nitrogens with one attached hydrogen (secondary N) is 2. The van der Waals surface area contributed by atoms with Crippen LogP contribution >= 0.6 is 0 Å². The minimum atomic E-state index is -0.721. The van der Waals surface area contributed by atoms with Crippen molar-refractivity contribution in [3.63, 3.8) is 0 Å². The second-order valence-corrected chi connectivity index (χ2v) is 11.2. The Bertz CT molecular complexity index is 1300. The molecule has 3 aromatic rings. The predicted molar refractivity (Wildman–Crippen MR) is 159 cm³/mol. The molecule has 0 bridgehead atoms. The summed E-state index contributed by atoms with van der Waals surface area (Å²) in [7, 11) is 0. The largest absolute Gasteiger partial charge is 0.506 e. The Morgan fingerprint density at radius 1 is 0.846 bits per heavy atom. The lowest BCUT2D eigenvalue weighted by atomic mass is 9.76. The van der Waals surface area contributed by atoms with Gasteiger partial charge in [-0.15, -0.1) is 0 Å². The number of anilines is 2. The summed E-state index contributed by atoms with van der Waals surface area (Å²) in [4.78, 5) is 25.7. The first kappa shape index (κ1) is 29.8. The van der Waals surface area contributed by atoms with Crippen molar-refractivity contribution in [3.8, 4) is 11.5 Å². The van der Waals surface area contributed by atoms with Gasteiger partial charge in [0.15, 0.2) is 6.10 Å². The van der Waals surface area contributed by atoms with E-state index in [2.05, 4.69) is 64.3 Å². The van der Waals surface area contributed by atoms with E-state index in [1.807, 2.05) is 19.1 Å². The number of benzene rings is 3. The molecule has 0 radical (unpaired) electrons. The smallest absolute Gasteiger partial charge is 0.265 e. The van der Waals surface area contributed by atoms with Crippen LogP contribution in [0, 0.1) is 0 Å². The van der Waals surface area contributed by atoms with Crippen molar-refractivity contribution in [2.45, 2.75) is 84.7 Å². The van der Waals surface area contributed by atoms with Crippen LogP contribution in [0.3, 0.4) is 0 Å². The second kappa shape index (κ2) is 12.4. The minimum Gasteiger partial charge on any atom is -0.506 e. The van der Waals surface area contributed by atoms with Gasteiger partial charge in [-0.3, -0.25) is 9.59 Å². The van der Waals surface area contributed by atoms with Crippen molar-refractivity contribution in [2.75, 3.05) is 10.6 Å². The third kappa shape index (κ3) is 7.20. The van der Waals surface area contributed by atoms with Gasteiger partial charge in [0.25, 0.3) is 11.8 Å². The standard InChI is InChI=1S/C33H42N2O4/c1-8-28(39-29-19-16-23(32(4,5)9-2)20-25(29)33(6,7)10-3)31(38)34-24-17-18-26(27(36)21-24)35-30(37)22-14-12-11-13-15-22/h11-21,28,36H,8-10H2,1-7H3,(H,34,38)(H,35,37)/t28-/m0/s1. The van der Waals surface area contributed by atoms with Crippen LogP contribution in [0.4, 0.5) is 11.4 Å². The monoisotopic (exact) mass is 530 g/mol. The zero-order valence-electron chi connectivity index (χ0n) is 24.2. The molecule has 6 nitrogen and oxygen atoms in total. The number of carbonyl (C=O) groups is 2. The van der Waals surface area contributed by atoms with Gasteiger partial charge in [-0.25, -0.2) is 0 Å². The maximum Gasteiger partial charge on any atom is 0.265 e. The van der Waals surface area contributed by atoms with Gasteiger partial charge >= 0.3 is 0 Å². The molecule has 208 valence electrons. The molecule has 1 atom stereocenters. The summed E-state index contributed by atoms with van der Waals surface area (Å²) in [6.45, 7) is 15.1. The molecular formula is C33H42N2O4. The van der Waals surface area contributed by atoms with Gasteiger partial charge in [-0.1, -0.05) is 78.8 Å². The van der Waals surface area contributed by atoms with Crippen molar-refractivity contribution < 1.29 is 19.4 Å². The number of hydrogen-bond acceptors (Lipinski definition) is 4. The van der Waals surface area contributed by atoms with Gasteiger partial charge in [-0.2, -0.15) is 0 Å². The summed E-state index contributed by atoms with van der Waals surface area (Å²) in [5.41, 5.74) is 3.39. The summed E-state index contributed by atoms with van der Waals surface area (Å²) in [6.07, 6.45) is 1.69. The molecule has 2 amide bonds. The quantitative estimate of drug-likeness (QED) is 0.221. The highest BCUT2D eigenvalue weighted by molar-refractivity contribution is 6.05. The minimum absolute atomic E-state index is 0.0351. The maximum absolute atomic E-state index is 13.2. The number of ether oxygens (including phenoxy) is 1. The van der Waals surface area contributed by atoms with Crippen LogP contribution in [-0.4, -0.2) is 23.0 Å². The van der Waals surface area contributed by atoms with E-state index in [1.54, 1.807) is 36.4 Å². The van der Waals surface area contributed by atoms with Crippen molar-refractivity contribution in [1.82, 2.24) is 0 Å². The normalized spacial score (nSPS) is 12.5. The molecule has 0 saturated carbocycles. The molecule has 3 rings (SSSR count). The van der Waals surface area contributed by atoms with E-state index in [4.69, 9.17) is 4.74 Å². The van der Waals surface area contributed by atoms with Crippen LogP contribution in [0.5, 0.6) is 11.5 Å². The number of hydrogen-bond donors (Lipinski definition) is 3. The Morgan fingerprint density at radius 3 is 2.10 bits per heavy atom. The molecule has 0 spiro atoms. The molecule has 3 aromatic carbocycles. The first-order valence-corrected chi connectivity index (χ1v) is 13.7. The molecule has 6 heteroatoms. The van der Waals surface area contributed by atoms with Crippen LogP contribution in [0.15, 0.2) is 66.7 Å². The van der Waals surface area contributed by atoms with Crippen LogP contribution < -0.4 is 15.4 Å². The van der Waals surface area contributed by atoms with Crippen molar-refractivity contribution in [2.24, 2.45) is 0 Å². The molecule has 0 aromatic heterocycles. The summed E-state index contributed by atoms with van der Waals surface area (Å²) in [5.74, 6) is -0.0778. The van der Waals surface area contributed by atoms with Crippen LogP contribution in [0.2, 0.25) is 0 Å². The van der Waals surface area contributed by atoms with E-state index in [9.17, 15) is 14.7 Å². The first-order valence-electron chi connectivity index (χ1n) is 13.7. The summed E-state index contributed by atoms with van der Waals surface area (Å²) >= 11 is 0. The van der Waals surface area contributed by atoms with E-state index in [0.29, 0.717) is 23.4 Å². The average Bonchev–Trinajstić information content (AvgIpc) is 2.93. The fraction of sp³-hybridized carbons (Fsp3) is 0.394. The van der Waals surface area contributed by atoms with Crippen molar-refractivity contribution in [1.29, 1.82) is 0 Å². The molecule has 39 heavy (non-hydrogen) atoms. The zero-order chi connectivity index (χ0) is 28.8. The Balaban J connectivity index is 1.78. The Labute approximate surface area is 232 Å². The summed E-state index contributed by atoms with van der Waals surface area (Å²) in [5, 5.41) is 16.0. The average molecular weight is 531 g/mol. The van der Waals surface area contributed by atoms with Gasteiger partial charge in [-0.05, 0) is 66.0 Å². The van der Waals surface area contributed by atoms with Crippen LogP contribution in [-0.2, 0) is 15.6 Å². The fourth-order valence-electron chi connectivity index (χ4n) is 4.17. The number of aromatic hydroxyl groups is 1. The van der Waals surface area contributed by atoms with Gasteiger partial charge in [0, 0.05) is 22.9 Å². The molecule has 0 aliphatic rings. The lowest BCUT2D eigenvalue weighted by molar-refractivity contribution is -0.122. The second-order valence-electron chi connectivity index (χ2n) is 11.2. The van der Waals surface area contributed by atoms with E-state index in [0.717, 1.165) is 18.4 Å². The molecule has 0 aliphatic carbocycles. The molecule has 0 unspecified atom stereocenters. The highest BCUT2D eigenvalue weighted by Gasteiger charge is 2.29. The van der Waals surface area contributed by atoms with E-state index in [1.165, 1.54) is 11.6 Å². The molecule has 0 aliphatic heterocycles. The first-order chi connectivity index (χ1) is 18.4. The van der Waals surface area contributed by atoms with Crippen molar-refractivity contribution in [3.05, 3.63) is 83.4 Å². The number of phenolic OH excluding ortho intramolecular Hbond substituents is 1. The number of rotatable bonds is 11. The van der Waals surface area contributed by atoms with Gasteiger partial charge < -0.3 is 20.5 Å². The van der Waals surface area contributed by atoms with Crippen LogP contribution in [0.25, 0.3) is 0 Å². The third-order valence-corrected chi connectivity index (χ3v) is 7.74. The molecular weight excluding hydrogens is 488 g/mol. The Morgan fingerprint density at radius 2 is 1.51 bits per heavy atom. The molecule has 0 fully saturated rings. The SMILES string of the molecule is CC[C@H](Oc1ccc(C(C)(C)CC)cc1C(C)(C)CC)C(=O)Nc1ccc(NC(=O)c2ccccc2)c(O)c1. The van der Waals surface area contributed by atoms with E-state index in [-0.39, 0.29) is 34.1 Å². The van der Waals surface area contributed by atoms with Crippen molar-refractivity contribution >= 4 is 23.2 Å². The third-order valence-electron chi connectivity index (χ3n) is 7.74. The number of amides is 2. The summed E-state index contributed by atoms with van der Waals surface area (Å²) in [6, 6.07) is 19.7. The lowest BCUT2D eigenvalue weighted by Crippen LogP contribution is -2.33. The number of carbonyl (C=O) groups excluding carboxylic acids is 2.